The number of aliphatic carboxylic acids is 1. The van der Waals surface area contributed by atoms with E-state index in [0.29, 0.717) is 23.7 Å². The maximum atomic E-state index is 14.0. The molecule has 1 saturated carbocycles. The molecule has 2 fully saturated rings. The quantitative estimate of drug-likeness (QED) is 0.500. The van der Waals surface area contributed by atoms with E-state index in [1.807, 2.05) is 0 Å². The molecule has 1 aliphatic carbocycles. The molecule has 2 N–H and O–H groups in total. The summed E-state index contributed by atoms with van der Waals surface area (Å²) < 4.78 is 58.8. The van der Waals surface area contributed by atoms with Crippen molar-refractivity contribution in [3.05, 3.63) is 47.8 Å². The number of halogens is 5. The van der Waals surface area contributed by atoms with Crippen LogP contribution in [0.25, 0.3) is 11.0 Å². The van der Waals surface area contributed by atoms with E-state index in [0.717, 1.165) is 62.2 Å². The minimum atomic E-state index is -5.08. The van der Waals surface area contributed by atoms with Crippen molar-refractivity contribution in [3.63, 3.8) is 0 Å². The van der Waals surface area contributed by atoms with Gasteiger partial charge in [0.25, 0.3) is 0 Å². The van der Waals surface area contributed by atoms with Crippen molar-refractivity contribution >= 4 is 28.6 Å². The molecule has 0 unspecified atom stereocenters. The summed E-state index contributed by atoms with van der Waals surface area (Å²) in [6.45, 7) is 3.48. The number of hydrogen-bond acceptors (Lipinski definition) is 8. The van der Waals surface area contributed by atoms with Crippen molar-refractivity contribution in [3.8, 4) is 0 Å². The Morgan fingerprint density at radius 1 is 1.03 bits per heavy atom. The van der Waals surface area contributed by atoms with Gasteiger partial charge in [-0.2, -0.15) is 23.4 Å². The highest BCUT2D eigenvalue weighted by molar-refractivity contribution is 5.79. The van der Waals surface area contributed by atoms with Gasteiger partial charge in [0.05, 0.1) is 12.4 Å². The molecule has 14 heteroatoms. The minimum Gasteiger partial charge on any atom is -0.475 e. The molecule has 192 valence electrons. The predicted molar refractivity (Wildman–Crippen MR) is 119 cm³/mol. The summed E-state index contributed by atoms with van der Waals surface area (Å²) in [6.07, 6.45) is 0.454. The summed E-state index contributed by atoms with van der Waals surface area (Å²) in [6, 6.07) is 4.22. The number of aromatic nitrogens is 4. The zero-order valence-corrected chi connectivity index (χ0v) is 18.8. The number of fused-ring (bicyclic) bond motifs is 1. The van der Waals surface area contributed by atoms with Crippen molar-refractivity contribution in [2.45, 2.75) is 31.6 Å². The number of carboxylic acids is 1. The van der Waals surface area contributed by atoms with E-state index in [4.69, 9.17) is 19.9 Å². The highest BCUT2D eigenvalue weighted by Gasteiger charge is 2.38. The molecule has 5 rings (SSSR count). The number of nitrogens with one attached hydrogen (secondary N) is 1. The monoisotopic (exact) mass is 511 g/mol. The fraction of sp³-hybridized carbons (Fsp3) is 0.409. The molecule has 0 amide bonds. The Balaban J connectivity index is 0.000000384. The van der Waals surface area contributed by atoms with Crippen LogP contribution in [0.2, 0.25) is 0 Å². The first-order valence-electron chi connectivity index (χ1n) is 11.1. The fourth-order valence-corrected chi connectivity index (χ4v) is 3.57. The molecule has 2 aliphatic rings. The highest BCUT2D eigenvalue weighted by Crippen LogP contribution is 2.31. The number of benzene rings is 1. The van der Waals surface area contributed by atoms with Crippen LogP contribution >= 0.6 is 0 Å². The Kier molecular flexibility index (Phi) is 7.43. The zero-order valence-electron chi connectivity index (χ0n) is 18.8. The molecule has 0 atom stereocenters. The molecule has 3 heterocycles. The molecule has 1 aromatic carbocycles. The van der Waals surface area contributed by atoms with Crippen molar-refractivity contribution < 1.29 is 31.9 Å². The van der Waals surface area contributed by atoms with Gasteiger partial charge < -0.3 is 15.3 Å². The van der Waals surface area contributed by atoms with Crippen LogP contribution in [0.15, 0.2) is 30.6 Å². The van der Waals surface area contributed by atoms with Crippen LogP contribution in [0.1, 0.15) is 18.4 Å². The zero-order chi connectivity index (χ0) is 25.9. The van der Waals surface area contributed by atoms with E-state index in [9.17, 15) is 22.0 Å². The summed E-state index contributed by atoms with van der Waals surface area (Å²) in [5, 5.41) is 18.4. The summed E-state index contributed by atoms with van der Waals surface area (Å²) in [5.74, 6) is -2.19. The molecule has 0 spiro atoms. The number of carboxylic acid groups (broad SMARTS) is 1. The van der Waals surface area contributed by atoms with E-state index in [1.54, 1.807) is 12.4 Å². The molecule has 1 saturated heterocycles. The van der Waals surface area contributed by atoms with Crippen LogP contribution in [-0.2, 0) is 11.3 Å². The van der Waals surface area contributed by atoms with Crippen LogP contribution in [0.4, 0.5) is 33.6 Å². The van der Waals surface area contributed by atoms with Crippen LogP contribution in [0.5, 0.6) is 0 Å². The van der Waals surface area contributed by atoms with Crippen molar-refractivity contribution in [1.82, 2.24) is 25.1 Å². The lowest BCUT2D eigenvalue weighted by Crippen LogP contribution is -2.46. The first kappa shape index (κ1) is 25.4. The SMILES string of the molecule is Fc1ccc(CN2CCN(c3nc4cnncc4nc3NC3CC3)CC2)c(F)c1.O=C(O)C(F)(F)F. The number of piperazine rings is 1. The lowest BCUT2D eigenvalue weighted by Gasteiger charge is -2.36. The second-order valence-electron chi connectivity index (χ2n) is 8.38. The number of rotatable bonds is 5. The Labute approximate surface area is 202 Å². The Morgan fingerprint density at radius 2 is 1.64 bits per heavy atom. The fourth-order valence-electron chi connectivity index (χ4n) is 3.57. The molecule has 0 bridgehead atoms. The third-order valence-corrected chi connectivity index (χ3v) is 5.60. The van der Waals surface area contributed by atoms with E-state index >= 15 is 0 Å². The van der Waals surface area contributed by atoms with Gasteiger partial charge >= 0.3 is 12.1 Å². The maximum absolute atomic E-state index is 14.0. The Morgan fingerprint density at radius 3 is 2.19 bits per heavy atom. The van der Waals surface area contributed by atoms with Gasteiger partial charge in [0.2, 0.25) is 0 Å². The van der Waals surface area contributed by atoms with E-state index in [2.05, 4.69) is 25.3 Å². The van der Waals surface area contributed by atoms with Crippen LogP contribution in [0.3, 0.4) is 0 Å². The number of anilines is 2. The lowest BCUT2D eigenvalue weighted by molar-refractivity contribution is -0.192. The standard InChI is InChI=1S/C20H21F2N7.C2HF3O2/c21-14-2-1-13(16(22)9-14)12-28-5-7-29(8-6-28)20-19(25-15-3-4-15)26-17-10-23-24-11-18(17)27-20;3-2(4,5)1(6)7/h1-2,9-11,15H,3-8,12H2,(H,25,26);(H,6,7). The third-order valence-electron chi connectivity index (χ3n) is 5.60. The summed E-state index contributed by atoms with van der Waals surface area (Å²) in [7, 11) is 0. The highest BCUT2D eigenvalue weighted by atomic mass is 19.4. The molecule has 3 aromatic rings. The number of nitrogens with zero attached hydrogens (tertiary/aromatic N) is 6. The average molecular weight is 511 g/mol. The third kappa shape index (κ3) is 6.50. The maximum Gasteiger partial charge on any atom is 0.490 e. The first-order valence-corrected chi connectivity index (χ1v) is 11.1. The lowest BCUT2D eigenvalue weighted by atomic mass is 10.1. The van der Waals surface area contributed by atoms with E-state index in [-0.39, 0.29) is 0 Å². The summed E-state index contributed by atoms with van der Waals surface area (Å²) >= 11 is 0. The van der Waals surface area contributed by atoms with Gasteiger partial charge in [-0.3, -0.25) is 4.90 Å². The largest absolute Gasteiger partial charge is 0.490 e. The number of alkyl halides is 3. The first-order chi connectivity index (χ1) is 17.1. The van der Waals surface area contributed by atoms with Gasteiger partial charge in [-0.15, -0.1) is 0 Å². The number of hydrogen-bond donors (Lipinski definition) is 2. The molecule has 1 aliphatic heterocycles. The van der Waals surface area contributed by atoms with E-state index in [1.165, 1.54) is 12.1 Å². The second-order valence-corrected chi connectivity index (χ2v) is 8.38. The smallest absolute Gasteiger partial charge is 0.475 e. The number of carbonyl (C=O) groups is 1. The predicted octanol–water partition coefficient (Wildman–Crippen LogP) is 3.23. The van der Waals surface area contributed by atoms with Gasteiger partial charge in [0.1, 0.15) is 22.7 Å². The molecule has 36 heavy (non-hydrogen) atoms. The van der Waals surface area contributed by atoms with Gasteiger partial charge in [0.15, 0.2) is 11.6 Å². The normalized spacial score (nSPS) is 16.4. The Bertz CT molecular complexity index is 1230. The van der Waals surface area contributed by atoms with E-state index < -0.39 is 23.8 Å². The summed E-state index contributed by atoms with van der Waals surface area (Å²) in [4.78, 5) is 22.8. The molecular formula is C22H22F5N7O2. The average Bonchev–Trinajstić information content (AvgIpc) is 3.65. The topological polar surface area (TPSA) is 107 Å². The molecule has 2 aromatic heterocycles. The van der Waals surface area contributed by atoms with Gasteiger partial charge in [-0.1, -0.05) is 6.07 Å². The van der Waals surface area contributed by atoms with Crippen LogP contribution in [0, 0.1) is 11.6 Å². The summed E-state index contributed by atoms with van der Waals surface area (Å²) in [5.41, 5.74) is 1.95. The van der Waals surface area contributed by atoms with Crippen molar-refractivity contribution in [1.29, 1.82) is 0 Å². The van der Waals surface area contributed by atoms with Crippen molar-refractivity contribution in [2.75, 3.05) is 36.4 Å². The molecule has 0 radical (unpaired) electrons. The molecular weight excluding hydrogens is 489 g/mol. The minimum absolute atomic E-state index is 0.457. The van der Waals surface area contributed by atoms with Gasteiger partial charge in [-0.25, -0.2) is 23.5 Å². The molecule has 9 nitrogen and oxygen atoms in total. The van der Waals surface area contributed by atoms with Gasteiger partial charge in [-0.05, 0) is 18.9 Å². The van der Waals surface area contributed by atoms with Crippen LogP contribution in [-0.4, -0.2) is 74.5 Å². The van der Waals surface area contributed by atoms with Crippen LogP contribution < -0.4 is 10.2 Å². The van der Waals surface area contributed by atoms with Crippen molar-refractivity contribution in [2.24, 2.45) is 0 Å². The van der Waals surface area contributed by atoms with Gasteiger partial charge in [0, 0.05) is 50.4 Å². The Hall–Kier alpha value is -3.68. The second kappa shape index (κ2) is 10.5.